The molecule has 102 valence electrons. The van der Waals surface area contributed by atoms with Crippen molar-refractivity contribution in [2.75, 3.05) is 25.4 Å². The van der Waals surface area contributed by atoms with E-state index in [1.807, 2.05) is 0 Å². The maximum atomic E-state index is 12.0. The number of hydrogen-bond acceptors (Lipinski definition) is 4. The van der Waals surface area contributed by atoms with Crippen LogP contribution in [0.3, 0.4) is 0 Å². The van der Waals surface area contributed by atoms with E-state index in [-0.39, 0.29) is 29.2 Å². The molecule has 3 rings (SSSR count). The van der Waals surface area contributed by atoms with Crippen LogP contribution >= 0.6 is 0 Å². The van der Waals surface area contributed by atoms with E-state index in [4.69, 9.17) is 4.74 Å². The third kappa shape index (κ3) is 2.09. The molecule has 3 atom stereocenters. The molecule has 18 heavy (non-hydrogen) atoms. The average molecular weight is 274 g/mol. The molecular weight excluding hydrogens is 256 g/mol. The molecule has 3 aliphatic rings. The first-order chi connectivity index (χ1) is 8.56. The Morgan fingerprint density at radius 1 is 1.44 bits per heavy atom. The lowest BCUT2D eigenvalue weighted by Crippen LogP contribution is -2.49. The van der Waals surface area contributed by atoms with Gasteiger partial charge in [0, 0.05) is 25.7 Å². The Morgan fingerprint density at radius 2 is 2.28 bits per heavy atom. The number of sulfone groups is 1. The molecule has 0 radical (unpaired) electrons. The second-order valence-electron chi connectivity index (χ2n) is 5.31. The number of carbonyl (C=O) groups excluding carboxylic acids is 1. The van der Waals surface area contributed by atoms with Gasteiger partial charge >= 0.3 is 6.03 Å². The van der Waals surface area contributed by atoms with Gasteiger partial charge in [-0.15, -0.1) is 0 Å². The quantitative estimate of drug-likeness (QED) is 0.753. The fraction of sp³-hybridized carbons (Fsp3) is 0.909. The Balaban J connectivity index is 1.52. The summed E-state index contributed by atoms with van der Waals surface area (Å²) in [4.78, 5) is 13.6. The van der Waals surface area contributed by atoms with Crippen LogP contribution in [0.15, 0.2) is 0 Å². The van der Waals surface area contributed by atoms with E-state index < -0.39 is 9.84 Å². The van der Waals surface area contributed by atoms with Gasteiger partial charge in [-0.05, 0) is 19.3 Å². The number of ether oxygens (including phenoxy) is 1. The summed E-state index contributed by atoms with van der Waals surface area (Å²) in [5, 5.41) is 2.51. The number of nitrogens with one attached hydrogen (secondary N) is 1. The van der Waals surface area contributed by atoms with Crippen LogP contribution in [0.5, 0.6) is 0 Å². The summed E-state index contributed by atoms with van der Waals surface area (Å²) in [6, 6.07) is -0.266. The van der Waals surface area contributed by atoms with Gasteiger partial charge in [-0.2, -0.15) is 0 Å². The predicted molar refractivity (Wildman–Crippen MR) is 65.1 cm³/mol. The average Bonchev–Trinajstić information content (AvgIpc) is 2.98. The van der Waals surface area contributed by atoms with Crippen LogP contribution in [0.25, 0.3) is 0 Å². The molecule has 0 aromatic carbocycles. The lowest BCUT2D eigenvalue weighted by atomic mass is 10.2. The van der Waals surface area contributed by atoms with Crippen molar-refractivity contribution in [3.63, 3.8) is 0 Å². The molecule has 7 heteroatoms. The van der Waals surface area contributed by atoms with Crippen molar-refractivity contribution in [2.24, 2.45) is 0 Å². The van der Waals surface area contributed by atoms with Crippen molar-refractivity contribution in [2.45, 2.75) is 36.7 Å². The largest absolute Gasteiger partial charge is 0.376 e. The Morgan fingerprint density at radius 3 is 2.83 bits per heavy atom. The molecular formula is C11H18N2O4S. The third-order valence-corrected chi connectivity index (χ3v) is 6.28. The molecule has 3 aliphatic heterocycles. The van der Waals surface area contributed by atoms with Crippen molar-refractivity contribution in [3.8, 4) is 0 Å². The maximum Gasteiger partial charge on any atom is 0.317 e. The summed E-state index contributed by atoms with van der Waals surface area (Å²) in [7, 11) is -2.93. The molecule has 0 saturated carbocycles. The molecule has 6 nitrogen and oxygen atoms in total. The number of fused-ring (bicyclic) bond motifs is 2. The number of amides is 2. The minimum Gasteiger partial charge on any atom is -0.376 e. The Kier molecular flexibility index (Phi) is 2.97. The number of carbonyl (C=O) groups is 1. The van der Waals surface area contributed by atoms with Crippen LogP contribution in [0.1, 0.15) is 19.3 Å². The molecule has 0 aliphatic carbocycles. The molecule has 3 saturated heterocycles. The van der Waals surface area contributed by atoms with Crippen LogP contribution in [0, 0.1) is 0 Å². The zero-order chi connectivity index (χ0) is 12.8. The standard InChI is InChI=1S/C11H18N2O4S/c14-11(12-5-9-2-1-3-17-9)13-6-10-4-8(13)7-18(10,15)16/h8-10H,1-7H2,(H,12,14). The normalized spacial score (nSPS) is 37.1. The summed E-state index contributed by atoms with van der Waals surface area (Å²) in [6.45, 7) is 1.65. The van der Waals surface area contributed by atoms with Crippen molar-refractivity contribution in [1.82, 2.24) is 10.2 Å². The van der Waals surface area contributed by atoms with Gasteiger partial charge in [-0.25, -0.2) is 13.2 Å². The first-order valence-corrected chi connectivity index (χ1v) is 8.15. The first-order valence-electron chi connectivity index (χ1n) is 6.44. The minimum absolute atomic E-state index is 0.121. The molecule has 2 bridgehead atoms. The fourth-order valence-electron chi connectivity index (χ4n) is 3.05. The van der Waals surface area contributed by atoms with Crippen molar-refractivity contribution < 1.29 is 17.9 Å². The van der Waals surface area contributed by atoms with E-state index in [0.29, 0.717) is 19.5 Å². The van der Waals surface area contributed by atoms with Crippen molar-refractivity contribution in [3.05, 3.63) is 0 Å². The highest BCUT2D eigenvalue weighted by Gasteiger charge is 2.50. The minimum atomic E-state index is -2.93. The second-order valence-corrected chi connectivity index (χ2v) is 7.64. The van der Waals surface area contributed by atoms with Gasteiger partial charge < -0.3 is 15.0 Å². The Bertz CT molecular complexity index is 444. The maximum absolute atomic E-state index is 12.0. The van der Waals surface area contributed by atoms with E-state index >= 15 is 0 Å². The summed E-state index contributed by atoms with van der Waals surface area (Å²) in [6.07, 6.45) is 2.77. The number of urea groups is 1. The van der Waals surface area contributed by atoms with Gasteiger partial charge in [0.25, 0.3) is 0 Å². The van der Waals surface area contributed by atoms with Gasteiger partial charge in [0.2, 0.25) is 0 Å². The predicted octanol–water partition coefficient (Wildman–Crippen LogP) is -0.254. The van der Waals surface area contributed by atoms with Crippen LogP contribution in [-0.2, 0) is 14.6 Å². The first kappa shape index (κ1) is 12.2. The van der Waals surface area contributed by atoms with E-state index in [1.165, 1.54) is 0 Å². The SMILES string of the molecule is O=C(NCC1CCCO1)N1CC2CC1CS2(=O)=O. The zero-order valence-corrected chi connectivity index (χ0v) is 11.0. The van der Waals surface area contributed by atoms with Crippen molar-refractivity contribution >= 4 is 15.9 Å². The number of rotatable bonds is 2. The van der Waals surface area contributed by atoms with Gasteiger partial charge in [-0.3, -0.25) is 0 Å². The molecule has 1 N–H and O–H groups in total. The molecule has 0 aromatic heterocycles. The van der Waals surface area contributed by atoms with Gasteiger partial charge in [0.05, 0.1) is 17.1 Å². The van der Waals surface area contributed by atoms with Gasteiger partial charge in [-0.1, -0.05) is 0 Å². The number of nitrogens with zero attached hydrogens (tertiary/aromatic N) is 1. The Hall–Kier alpha value is -0.820. The molecule has 0 spiro atoms. The van der Waals surface area contributed by atoms with Crippen LogP contribution in [0.4, 0.5) is 4.79 Å². The topological polar surface area (TPSA) is 75.7 Å². The smallest absolute Gasteiger partial charge is 0.317 e. The summed E-state index contributed by atoms with van der Waals surface area (Å²) in [5.41, 5.74) is 0. The van der Waals surface area contributed by atoms with E-state index in [0.717, 1.165) is 19.4 Å². The lowest BCUT2D eigenvalue weighted by molar-refractivity contribution is 0.108. The van der Waals surface area contributed by atoms with Crippen LogP contribution < -0.4 is 5.32 Å². The highest BCUT2D eigenvalue weighted by atomic mass is 32.2. The monoisotopic (exact) mass is 274 g/mol. The number of hydrogen-bond donors (Lipinski definition) is 1. The highest BCUT2D eigenvalue weighted by molar-refractivity contribution is 7.92. The van der Waals surface area contributed by atoms with E-state index in [1.54, 1.807) is 4.90 Å². The second kappa shape index (κ2) is 4.38. The molecule has 0 aromatic rings. The van der Waals surface area contributed by atoms with Gasteiger partial charge in [0.15, 0.2) is 9.84 Å². The van der Waals surface area contributed by atoms with Crippen LogP contribution in [-0.4, -0.2) is 62.2 Å². The number of likely N-dealkylation sites (tertiary alicyclic amines) is 1. The lowest BCUT2D eigenvalue weighted by Gasteiger charge is -2.27. The molecule has 3 unspecified atom stereocenters. The van der Waals surface area contributed by atoms with Gasteiger partial charge in [0.1, 0.15) is 0 Å². The van der Waals surface area contributed by atoms with Crippen LogP contribution in [0.2, 0.25) is 0 Å². The highest BCUT2D eigenvalue weighted by Crippen LogP contribution is 2.32. The molecule has 3 heterocycles. The summed E-state index contributed by atoms with van der Waals surface area (Å²) >= 11 is 0. The van der Waals surface area contributed by atoms with E-state index in [2.05, 4.69) is 5.32 Å². The fourth-order valence-corrected chi connectivity index (χ4v) is 5.08. The zero-order valence-electron chi connectivity index (χ0n) is 10.2. The summed E-state index contributed by atoms with van der Waals surface area (Å²) < 4.78 is 28.6. The Labute approximate surface area is 107 Å². The van der Waals surface area contributed by atoms with Crippen molar-refractivity contribution in [1.29, 1.82) is 0 Å². The summed E-state index contributed by atoms with van der Waals surface area (Å²) in [5.74, 6) is 0.130. The molecule has 3 fully saturated rings. The third-order valence-electron chi connectivity index (χ3n) is 4.07. The van der Waals surface area contributed by atoms with E-state index in [9.17, 15) is 13.2 Å². The molecule has 2 amide bonds.